The molecule has 0 aliphatic heterocycles. The number of anilines is 3. The number of hydrogen-bond acceptors (Lipinski definition) is 3. The Balaban J connectivity index is 1.49. The zero-order valence-electron chi connectivity index (χ0n) is 24.2. The third-order valence-electron chi connectivity index (χ3n) is 7.85. The first-order valence-corrected chi connectivity index (χ1v) is 15.7. The maximum Gasteiger partial charge on any atom is 0.0476 e. The van der Waals surface area contributed by atoms with Gasteiger partial charge in [0, 0.05) is 39.0 Å². The minimum atomic E-state index is 0.212. The maximum atomic E-state index is 3.82. The van der Waals surface area contributed by atoms with E-state index in [4.69, 9.17) is 0 Å². The fourth-order valence-corrected chi connectivity index (χ4v) is 6.69. The van der Waals surface area contributed by atoms with E-state index in [0.29, 0.717) is 0 Å². The van der Waals surface area contributed by atoms with Crippen LogP contribution < -0.4 is 10.0 Å². The van der Waals surface area contributed by atoms with Gasteiger partial charge in [-0.25, -0.2) is 0 Å². The van der Waals surface area contributed by atoms with Crippen LogP contribution in [0.25, 0.3) is 33.4 Å². The van der Waals surface area contributed by atoms with Crippen LogP contribution in [0.5, 0.6) is 0 Å². The topological polar surface area (TPSA) is 24.1 Å². The van der Waals surface area contributed by atoms with Crippen LogP contribution in [0.1, 0.15) is 11.5 Å². The summed E-state index contributed by atoms with van der Waals surface area (Å²) in [5, 5.41) is 3.82. The Kier molecular flexibility index (Phi) is 8.11. The number of nitrogens with one attached hydrogen (secondary N) is 2. The summed E-state index contributed by atoms with van der Waals surface area (Å²) in [7, 11) is 0. The molecule has 0 unspecified atom stereocenters. The van der Waals surface area contributed by atoms with E-state index in [1.807, 2.05) is 6.07 Å². The molecule has 0 amide bonds. The molecule has 6 aromatic carbocycles. The minimum absolute atomic E-state index is 0.212. The average Bonchev–Trinajstić information content (AvgIpc) is 3.64. The number of benzene rings is 6. The van der Waals surface area contributed by atoms with Gasteiger partial charge in [-0.15, -0.1) is 0 Å². The third-order valence-corrected chi connectivity index (χ3v) is 8.85. The normalized spacial score (nSPS) is 12.4. The number of rotatable bonds is 9. The largest absolute Gasteiger partial charge is 0.355 e. The highest BCUT2D eigenvalue weighted by molar-refractivity contribution is 8.00. The predicted octanol–water partition coefficient (Wildman–Crippen LogP) is 11.8. The van der Waals surface area contributed by atoms with Crippen molar-refractivity contribution in [1.82, 2.24) is 0 Å². The van der Waals surface area contributed by atoms with Crippen LogP contribution in [-0.2, 0) is 0 Å². The predicted molar refractivity (Wildman–Crippen MR) is 189 cm³/mol. The van der Waals surface area contributed by atoms with Gasteiger partial charge in [-0.3, -0.25) is 0 Å². The van der Waals surface area contributed by atoms with Gasteiger partial charge < -0.3 is 10.0 Å². The molecule has 1 aliphatic carbocycles. The van der Waals surface area contributed by atoms with Gasteiger partial charge >= 0.3 is 0 Å². The van der Waals surface area contributed by atoms with Gasteiger partial charge in [0.25, 0.3) is 0 Å². The standard InChI is InChI=1S/C41H32N2S/c1-5-16-30(17-6-1)33-28-38(32-18-7-2-8-19-32)40(39(29-33)42-34-22-9-3-10-23-34)37-27-15-26-36(31-20-13-14-21-31)41(37)44-43-35-24-11-4-12-25-35/h1-29,31,42-43H. The molecule has 0 saturated carbocycles. The quantitative estimate of drug-likeness (QED) is 0.165. The lowest BCUT2D eigenvalue weighted by molar-refractivity contribution is 1.05. The molecule has 0 fully saturated rings. The second kappa shape index (κ2) is 12.9. The van der Waals surface area contributed by atoms with Crippen molar-refractivity contribution in [1.29, 1.82) is 0 Å². The van der Waals surface area contributed by atoms with Crippen LogP contribution >= 0.6 is 11.9 Å². The first kappa shape index (κ1) is 27.6. The van der Waals surface area contributed by atoms with Crippen molar-refractivity contribution in [3.05, 3.63) is 182 Å². The average molecular weight is 585 g/mol. The number of hydrogen-bond donors (Lipinski definition) is 2. The van der Waals surface area contributed by atoms with E-state index < -0.39 is 0 Å². The highest BCUT2D eigenvalue weighted by Gasteiger charge is 2.23. The minimum Gasteiger partial charge on any atom is -0.355 e. The van der Waals surface area contributed by atoms with Crippen LogP contribution in [0.15, 0.2) is 181 Å². The summed E-state index contributed by atoms with van der Waals surface area (Å²) < 4.78 is 3.65. The first-order valence-electron chi connectivity index (χ1n) is 14.9. The summed E-state index contributed by atoms with van der Waals surface area (Å²) in [6, 6.07) is 53.6. The van der Waals surface area contributed by atoms with Gasteiger partial charge in [-0.05, 0) is 76.2 Å². The molecule has 7 rings (SSSR count). The Morgan fingerprint density at radius 2 is 1.07 bits per heavy atom. The molecule has 0 heterocycles. The van der Waals surface area contributed by atoms with Gasteiger partial charge in [0.1, 0.15) is 0 Å². The first-order chi connectivity index (χ1) is 21.8. The van der Waals surface area contributed by atoms with Crippen LogP contribution in [0.4, 0.5) is 17.1 Å². The zero-order chi connectivity index (χ0) is 29.6. The lowest BCUT2D eigenvalue weighted by Gasteiger charge is -2.24. The van der Waals surface area contributed by atoms with Crippen LogP contribution in [0.3, 0.4) is 0 Å². The summed E-state index contributed by atoms with van der Waals surface area (Å²) in [5.74, 6) is 0.212. The van der Waals surface area contributed by atoms with E-state index in [1.165, 1.54) is 43.8 Å². The van der Waals surface area contributed by atoms with E-state index in [1.54, 1.807) is 11.9 Å². The van der Waals surface area contributed by atoms with Gasteiger partial charge in [-0.2, -0.15) is 0 Å². The second-order valence-electron chi connectivity index (χ2n) is 10.8. The van der Waals surface area contributed by atoms with Gasteiger partial charge in [0.05, 0.1) is 0 Å². The highest BCUT2D eigenvalue weighted by atomic mass is 32.2. The van der Waals surface area contributed by atoms with Gasteiger partial charge in [0.2, 0.25) is 0 Å². The van der Waals surface area contributed by atoms with Crippen LogP contribution in [-0.4, -0.2) is 0 Å². The van der Waals surface area contributed by atoms with E-state index in [9.17, 15) is 0 Å². The molecule has 0 radical (unpaired) electrons. The van der Waals surface area contributed by atoms with Gasteiger partial charge in [0.15, 0.2) is 0 Å². The summed E-state index contributed by atoms with van der Waals surface area (Å²) in [6.07, 6.45) is 8.82. The third kappa shape index (κ3) is 5.96. The molecule has 0 bridgehead atoms. The van der Waals surface area contributed by atoms with Crippen molar-refractivity contribution in [2.45, 2.75) is 10.8 Å². The zero-order valence-corrected chi connectivity index (χ0v) is 25.0. The SMILES string of the molecule is C1=CC(c2cccc(-c3c(Nc4ccccc4)cc(-c4ccccc4)cc3-c3ccccc3)c2SNc2ccccc2)C=C1. The Labute approximate surface area is 264 Å². The molecule has 0 atom stereocenters. The van der Waals surface area contributed by atoms with Crippen LogP contribution in [0, 0.1) is 0 Å². The summed E-state index contributed by atoms with van der Waals surface area (Å²) >= 11 is 1.68. The summed E-state index contributed by atoms with van der Waals surface area (Å²) in [6.45, 7) is 0. The Hall–Kier alpha value is -5.25. The van der Waals surface area contributed by atoms with E-state index >= 15 is 0 Å². The van der Waals surface area contributed by atoms with Crippen LogP contribution in [0.2, 0.25) is 0 Å². The van der Waals surface area contributed by atoms with Crippen molar-refractivity contribution in [2.75, 3.05) is 10.0 Å². The molecule has 0 saturated heterocycles. The smallest absolute Gasteiger partial charge is 0.0476 e. The van der Waals surface area contributed by atoms with E-state index in [-0.39, 0.29) is 5.92 Å². The maximum absolute atomic E-state index is 3.82. The summed E-state index contributed by atoms with van der Waals surface area (Å²) in [4.78, 5) is 1.21. The number of para-hydroxylation sites is 2. The lowest BCUT2D eigenvalue weighted by Crippen LogP contribution is -2.02. The van der Waals surface area contributed by atoms with E-state index in [2.05, 4.69) is 180 Å². The second-order valence-corrected chi connectivity index (χ2v) is 11.6. The molecule has 2 N–H and O–H groups in total. The molecular formula is C41H32N2S. The molecule has 212 valence electrons. The molecule has 0 spiro atoms. The van der Waals surface area contributed by atoms with Crippen molar-refractivity contribution in [3.8, 4) is 33.4 Å². The van der Waals surface area contributed by atoms with Crippen molar-refractivity contribution in [2.24, 2.45) is 0 Å². The van der Waals surface area contributed by atoms with Crippen molar-refractivity contribution >= 4 is 29.0 Å². The highest BCUT2D eigenvalue weighted by Crippen LogP contribution is 2.48. The Bertz CT molecular complexity index is 1900. The fourth-order valence-electron chi connectivity index (χ4n) is 5.73. The van der Waals surface area contributed by atoms with Crippen molar-refractivity contribution in [3.63, 3.8) is 0 Å². The fraction of sp³-hybridized carbons (Fsp3) is 0.0244. The van der Waals surface area contributed by atoms with Crippen molar-refractivity contribution < 1.29 is 0 Å². The molecule has 0 aromatic heterocycles. The lowest BCUT2D eigenvalue weighted by atomic mass is 9.87. The Morgan fingerprint density at radius 1 is 0.477 bits per heavy atom. The number of allylic oxidation sites excluding steroid dienone is 4. The summed E-state index contributed by atoms with van der Waals surface area (Å²) in [5.41, 5.74) is 11.5. The molecule has 3 heteroatoms. The Morgan fingerprint density at radius 3 is 1.73 bits per heavy atom. The monoisotopic (exact) mass is 584 g/mol. The molecule has 44 heavy (non-hydrogen) atoms. The molecule has 6 aromatic rings. The molecule has 1 aliphatic rings. The molecule has 2 nitrogen and oxygen atoms in total. The molecular weight excluding hydrogens is 553 g/mol. The van der Waals surface area contributed by atoms with Gasteiger partial charge in [-0.1, -0.05) is 140 Å². The van der Waals surface area contributed by atoms with E-state index in [0.717, 1.165) is 17.1 Å².